The highest BCUT2D eigenvalue weighted by Crippen LogP contribution is 2.42. The lowest BCUT2D eigenvalue weighted by Gasteiger charge is -2.32. The fraction of sp³-hybridized carbons (Fsp3) is 0.625. The molecule has 0 aromatic rings. The largest absolute Gasteiger partial charge is 0.491 e. The van der Waals surface area contributed by atoms with E-state index in [4.69, 9.17) is 9.31 Å². The molecule has 19 heavy (non-hydrogen) atoms. The highest BCUT2D eigenvalue weighted by atomic mass is 16.7. The zero-order valence-electron chi connectivity index (χ0n) is 13.1. The van der Waals surface area contributed by atoms with Crippen molar-refractivity contribution in [3.8, 4) is 0 Å². The summed E-state index contributed by atoms with van der Waals surface area (Å²) in [4.78, 5) is 0. The van der Waals surface area contributed by atoms with E-state index in [-0.39, 0.29) is 18.3 Å². The van der Waals surface area contributed by atoms with Crippen LogP contribution in [0.3, 0.4) is 0 Å². The van der Waals surface area contributed by atoms with Gasteiger partial charge < -0.3 is 9.31 Å². The highest BCUT2D eigenvalue weighted by molar-refractivity contribution is 6.55. The number of hydrogen-bond donors (Lipinski definition) is 0. The van der Waals surface area contributed by atoms with Crippen LogP contribution < -0.4 is 0 Å². The van der Waals surface area contributed by atoms with Crippen molar-refractivity contribution < 1.29 is 9.31 Å². The van der Waals surface area contributed by atoms with Crippen LogP contribution in [0.1, 0.15) is 54.4 Å². The standard InChI is InChI=1S/C16H25BO2/c1-11(2)13-9-8-12(3)10-14(13)17-18-15(4,5)16(6,7)19-17/h8H,1,9-10H2,2-7H3. The van der Waals surface area contributed by atoms with Crippen LogP contribution in [0.25, 0.3) is 0 Å². The molecule has 104 valence electrons. The van der Waals surface area contributed by atoms with E-state index in [1.54, 1.807) is 0 Å². The van der Waals surface area contributed by atoms with E-state index in [2.05, 4.69) is 54.2 Å². The summed E-state index contributed by atoms with van der Waals surface area (Å²) >= 11 is 0. The Labute approximate surface area is 117 Å². The fourth-order valence-electron chi connectivity index (χ4n) is 2.55. The van der Waals surface area contributed by atoms with Gasteiger partial charge in [-0.3, -0.25) is 0 Å². The van der Waals surface area contributed by atoms with Crippen molar-refractivity contribution >= 4 is 7.12 Å². The Balaban J connectivity index is 2.33. The van der Waals surface area contributed by atoms with E-state index < -0.39 is 0 Å². The van der Waals surface area contributed by atoms with E-state index in [9.17, 15) is 0 Å². The van der Waals surface area contributed by atoms with Gasteiger partial charge in [-0.25, -0.2) is 0 Å². The molecule has 0 radical (unpaired) electrons. The second kappa shape index (κ2) is 4.64. The smallest absolute Gasteiger partial charge is 0.400 e. The van der Waals surface area contributed by atoms with Gasteiger partial charge >= 0.3 is 7.12 Å². The third kappa shape index (κ3) is 2.59. The Bertz CT molecular complexity index is 453. The summed E-state index contributed by atoms with van der Waals surface area (Å²) < 4.78 is 12.4. The van der Waals surface area contributed by atoms with Gasteiger partial charge in [0.2, 0.25) is 0 Å². The summed E-state index contributed by atoms with van der Waals surface area (Å²) in [5.74, 6) is 0. The van der Waals surface area contributed by atoms with Crippen LogP contribution in [0.4, 0.5) is 0 Å². The van der Waals surface area contributed by atoms with Gasteiger partial charge in [0.15, 0.2) is 0 Å². The fourth-order valence-corrected chi connectivity index (χ4v) is 2.55. The summed E-state index contributed by atoms with van der Waals surface area (Å²) in [5, 5.41) is 0. The Morgan fingerprint density at radius 1 is 1.21 bits per heavy atom. The van der Waals surface area contributed by atoms with Crippen LogP contribution in [0, 0.1) is 0 Å². The molecule has 2 aliphatic rings. The van der Waals surface area contributed by atoms with Crippen LogP contribution in [0.15, 0.2) is 34.8 Å². The summed E-state index contributed by atoms with van der Waals surface area (Å²) in [6.07, 6.45) is 4.15. The maximum atomic E-state index is 6.18. The average molecular weight is 260 g/mol. The van der Waals surface area contributed by atoms with E-state index >= 15 is 0 Å². The molecule has 1 aliphatic heterocycles. The lowest BCUT2D eigenvalue weighted by molar-refractivity contribution is 0.00578. The Kier molecular flexibility index (Phi) is 3.57. The van der Waals surface area contributed by atoms with Gasteiger partial charge in [0, 0.05) is 0 Å². The molecule has 2 nitrogen and oxygen atoms in total. The molecule has 0 saturated carbocycles. The number of hydrogen-bond acceptors (Lipinski definition) is 2. The molecular formula is C16H25BO2. The summed E-state index contributed by atoms with van der Waals surface area (Å²) in [6, 6.07) is 0. The average Bonchev–Trinajstić information content (AvgIpc) is 2.47. The summed E-state index contributed by atoms with van der Waals surface area (Å²) in [5.41, 5.74) is 4.50. The molecule has 3 heteroatoms. The normalized spacial score (nSPS) is 25.6. The van der Waals surface area contributed by atoms with Gasteiger partial charge in [-0.05, 0) is 65.4 Å². The van der Waals surface area contributed by atoms with Crippen LogP contribution >= 0.6 is 0 Å². The highest BCUT2D eigenvalue weighted by Gasteiger charge is 2.52. The van der Waals surface area contributed by atoms with E-state index in [0.29, 0.717) is 0 Å². The number of rotatable bonds is 2. The van der Waals surface area contributed by atoms with Crippen molar-refractivity contribution in [2.24, 2.45) is 0 Å². The SMILES string of the molecule is C=C(C)C1=C(B2OC(C)(C)C(C)(C)O2)CC(C)=CC1. The topological polar surface area (TPSA) is 18.5 Å². The molecule has 0 bridgehead atoms. The minimum atomic E-state index is -0.278. The second-order valence-corrected chi connectivity index (χ2v) is 6.80. The molecule has 0 N–H and O–H groups in total. The minimum Gasteiger partial charge on any atom is -0.400 e. The van der Waals surface area contributed by atoms with Crippen molar-refractivity contribution in [2.45, 2.75) is 65.6 Å². The Hall–Kier alpha value is -0.795. The van der Waals surface area contributed by atoms with Gasteiger partial charge in [0.25, 0.3) is 0 Å². The molecule has 1 heterocycles. The van der Waals surface area contributed by atoms with Crippen molar-refractivity contribution in [2.75, 3.05) is 0 Å². The second-order valence-electron chi connectivity index (χ2n) is 6.80. The van der Waals surface area contributed by atoms with Gasteiger partial charge in [-0.15, -0.1) is 0 Å². The van der Waals surface area contributed by atoms with E-state index in [1.807, 2.05) is 0 Å². The molecule has 2 rings (SSSR count). The van der Waals surface area contributed by atoms with Crippen LogP contribution in [-0.2, 0) is 9.31 Å². The Morgan fingerprint density at radius 2 is 1.74 bits per heavy atom. The molecule has 0 atom stereocenters. The first-order valence-electron chi connectivity index (χ1n) is 7.03. The van der Waals surface area contributed by atoms with Crippen molar-refractivity contribution in [1.82, 2.24) is 0 Å². The monoisotopic (exact) mass is 260 g/mol. The molecule has 0 unspecified atom stereocenters. The molecule has 0 aromatic carbocycles. The third-order valence-corrected chi connectivity index (χ3v) is 4.56. The third-order valence-electron chi connectivity index (χ3n) is 4.56. The minimum absolute atomic E-state index is 0.236. The molecule has 1 fully saturated rings. The molecular weight excluding hydrogens is 235 g/mol. The molecule has 1 saturated heterocycles. The predicted molar refractivity (Wildman–Crippen MR) is 80.9 cm³/mol. The van der Waals surface area contributed by atoms with Gasteiger partial charge in [0.05, 0.1) is 11.2 Å². The lowest BCUT2D eigenvalue weighted by Crippen LogP contribution is -2.41. The maximum Gasteiger partial charge on any atom is 0.491 e. The van der Waals surface area contributed by atoms with Crippen molar-refractivity contribution in [3.05, 3.63) is 34.8 Å². The first kappa shape index (κ1) is 14.6. The van der Waals surface area contributed by atoms with Crippen LogP contribution in [0.5, 0.6) is 0 Å². The molecule has 1 aliphatic carbocycles. The summed E-state index contributed by atoms with van der Waals surface area (Å²) in [7, 11) is -0.236. The van der Waals surface area contributed by atoms with Crippen molar-refractivity contribution in [3.63, 3.8) is 0 Å². The zero-order chi connectivity index (χ0) is 14.4. The van der Waals surface area contributed by atoms with Gasteiger partial charge in [0.1, 0.15) is 0 Å². The van der Waals surface area contributed by atoms with E-state index in [1.165, 1.54) is 16.6 Å². The quantitative estimate of drug-likeness (QED) is 0.546. The lowest BCUT2D eigenvalue weighted by atomic mass is 9.68. The first-order valence-corrected chi connectivity index (χ1v) is 7.03. The Morgan fingerprint density at radius 3 is 2.21 bits per heavy atom. The molecule has 0 spiro atoms. The van der Waals surface area contributed by atoms with E-state index in [0.717, 1.165) is 18.4 Å². The maximum absolute atomic E-state index is 6.18. The van der Waals surface area contributed by atoms with Crippen molar-refractivity contribution in [1.29, 1.82) is 0 Å². The van der Waals surface area contributed by atoms with Crippen LogP contribution in [-0.4, -0.2) is 18.3 Å². The first-order chi connectivity index (χ1) is 8.64. The molecule has 0 aromatic heterocycles. The zero-order valence-corrected chi connectivity index (χ0v) is 13.1. The van der Waals surface area contributed by atoms with Gasteiger partial charge in [-0.1, -0.05) is 23.8 Å². The number of allylic oxidation sites excluding steroid dienone is 5. The summed E-state index contributed by atoms with van der Waals surface area (Å²) in [6.45, 7) is 16.7. The van der Waals surface area contributed by atoms with Gasteiger partial charge in [-0.2, -0.15) is 0 Å². The molecule has 0 amide bonds. The predicted octanol–water partition coefficient (Wildman–Crippen LogP) is 4.23. The van der Waals surface area contributed by atoms with Crippen LogP contribution in [0.2, 0.25) is 0 Å².